The van der Waals surface area contributed by atoms with E-state index in [9.17, 15) is 24.3 Å². The molecule has 13 heteroatoms. The van der Waals surface area contributed by atoms with Crippen molar-refractivity contribution >= 4 is 47.1 Å². The summed E-state index contributed by atoms with van der Waals surface area (Å²) in [5.74, 6) is -8.26. The van der Waals surface area contributed by atoms with Gasteiger partial charge in [0.15, 0.2) is 0 Å². The highest BCUT2D eigenvalue weighted by atomic mass is 35.5. The second-order valence-electron chi connectivity index (χ2n) is 8.16. The molecule has 0 aromatic heterocycles. The summed E-state index contributed by atoms with van der Waals surface area (Å²) < 4.78 is 35.5. The van der Waals surface area contributed by atoms with Crippen LogP contribution < -0.4 is 5.73 Å². The molecule has 1 aromatic carbocycles. The van der Waals surface area contributed by atoms with Crippen LogP contribution in [0.3, 0.4) is 0 Å². The zero-order valence-electron chi connectivity index (χ0n) is 18.8. The number of nitrogens with two attached hydrogens (primary N) is 1. The molecule has 3 rings (SSSR count). The SMILES string of the molecule is CCOC(=O)C(OC(=O)[C@@]1(N)[C@H]2[C@@H](C[C@H]1OCc1ccc(Cl)c(Cl)c1)[C@]2(F)C(=O)O)C(=O)OCC. The third kappa shape index (κ3) is 4.82. The summed E-state index contributed by atoms with van der Waals surface area (Å²) in [6.45, 7) is 2.54. The van der Waals surface area contributed by atoms with Crippen molar-refractivity contribution in [2.75, 3.05) is 13.2 Å². The van der Waals surface area contributed by atoms with Crippen LogP contribution in [0.2, 0.25) is 10.0 Å². The van der Waals surface area contributed by atoms with Gasteiger partial charge in [-0.3, -0.25) is 0 Å². The van der Waals surface area contributed by atoms with Gasteiger partial charge in [-0.1, -0.05) is 29.3 Å². The number of aliphatic carboxylic acids is 1. The Morgan fingerprint density at radius 3 is 2.26 bits per heavy atom. The number of ether oxygens (including phenoxy) is 4. The first kappa shape index (κ1) is 27.1. The van der Waals surface area contributed by atoms with Crippen molar-refractivity contribution in [1.82, 2.24) is 0 Å². The smallest absolute Gasteiger partial charge is 0.359 e. The fraction of sp³-hybridized carbons (Fsp3) is 0.545. The molecule has 2 fully saturated rings. The summed E-state index contributed by atoms with van der Waals surface area (Å²) in [4.78, 5) is 49.3. The molecule has 0 amide bonds. The maximum Gasteiger partial charge on any atom is 0.359 e. The highest BCUT2D eigenvalue weighted by molar-refractivity contribution is 6.42. The molecule has 0 radical (unpaired) electrons. The van der Waals surface area contributed by atoms with Gasteiger partial charge < -0.3 is 29.8 Å². The largest absolute Gasteiger partial charge is 0.479 e. The zero-order valence-corrected chi connectivity index (χ0v) is 20.3. The Morgan fingerprint density at radius 2 is 1.74 bits per heavy atom. The van der Waals surface area contributed by atoms with Crippen LogP contribution in [0.15, 0.2) is 18.2 Å². The van der Waals surface area contributed by atoms with E-state index in [4.69, 9.17) is 47.9 Å². The van der Waals surface area contributed by atoms with Crippen molar-refractivity contribution in [3.8, 4) is 0 Å². The Bertz CT molecular complexity index is 1020. The number of rotatable bonds is 10. The quantitative estimate of drug-likeness (QED) is 0.258. The summed E-state index contributed by atoms with van der Waals surface area (Å²) in [5.41, 5.74) is 1.74. The van der Waals surface area contributed by atoms with Gasteiger partial charge in [-0.25, -0.2) is 23.6 Å². The van der Waals surface area contributed by atoms with Crippen LogP contribution in [-0.2, 0) is 44.7 Å². The number of esters is 3. The summed E-state index contributed by atoms with van der Waals surface area (Å²) in [7, 11) is 0. The maximum atomic E-state index is 15.2. The highest BCUT2D eigenvalue weighted by Gasteiger charge is 2.85. The van der Waals surface area contributed by atoms with E-state index in [2.05, 4.69) is 0 Å². The van der Waals surface area contributed by atoms with Gasteiger partial charge in [-0.05, 0) is 38.0 Å². The standard InChI is InChI=1S/C22H24Cl2FNO9/c1-3-32-17(27)15(18(28)33-4-2)35-20(31)22(26)14(8-11-16(22)21(11,25)19(29)30)34-9-10-5-6-12(23)13(24)7-10/h5-7,11,14-16H,3-4,8-9,26H2,1-2H3,(H,29,30)/t11-,14-,16+,21-,22+/m1/s1. The number of carbonyl (C=O) groups excluding carboxylic acids is 3. The summed E-state index contributed by atoms with van der Waals surface area (Å²) in [6.07, 6.45) is -3.55. The molecular formula is C22H24Cl2FNO9. The molecule has 3 N–H and O–H groups in total. The Kier molecular flexibility index (Phi) is 7.95. The molecule has 5 atom stereocenters. The fourth-order valence-corrected chi connectivity index (χ4v) is 4.78. The minimum Gasteiger partial charge on any atom is -0.479 e. The van der Waals surface area contributed by atoms with Crippen LogP contribution in [0, 0.1) is 11.8 Å². The monoisotopic (exact) mass is 535 g/mol. The van der Waals surface area contributed by atoms with E-state index >= 15 is 4.39 Å². The van der Waals surface area contributed by atoms with E-state index in [1.165, 1.54) is 26.0 Å². The molecule has 0 bridgehead atoms. The minimum absolute atomic E-state index is 0.126. The van der Waals surface area contributed by atoms with Crippen molar-refractivity contribution in [3.63, 3.8) is 0 Å². The zero-order chi connectivity index (χ0) is 26.1. The molecule has 2 saturated carbocycles. The van der Waals surface area contributed by atoms with Crippen molar-refractivity contribution in [2.24, 2.45) is 17.6 Å². The van der Waals surface area contributed by atoms with Gasteiger partial charge in [0.25, 0.3) is 6.10 Å². The van der Waals surface area contributed by atoms with E-state index in [0.717, 1.165) is 0 Å². The summed E-state index contributed by atoms with van der Waals surface area (Å²) >= 11 is 11.9. The number of carboxylic acids is 1. The molecule has 0 spiro atoms. The van der Waals surface area contributed by atoms with Gasteiger partial charge in [-0.2, -0.15) is 0 Å². The van der Waals surface area contributed by atoms with Gasteiger partial charge in [-0.15, -0.1) is 0 Å². The normalized spacial score (nSPS) is 28.8. The second-order valence-corrected chi connectivity index (χ2v) is 8.98. The lowest BCUT2D eigenvalue weighted by atomic mass is 9.87. The number of benzene rings is 1. The van der Waals surface area contributed by atoms with E-state index in [0.29, 0.717) is 10.6 Å². The number of alkyl halides is 1. The molecular weight excluding hydrogens is 512 g/mol. The predicted octanol–water partition coefficient (Wildman–Crippen LogP) is 2.06. The molecule has 0 heterocycles. The van der Waals surface area contributed by atoms with Crippen molar-refractivity contribution in [1.29, 1.82) is 0 Å². The van der Waals surface area contributed by atoms with Crippen LogP contribution in [0.1, 0.15) is 25.8 Å². The molecule has 2 aliphatic rings. The van der Waals surface area contributed by atoms with Crippen LogP contribution in [-0.4, -0.2) is 65.6 Å². The molecule has 35 heavy (non-hydrogen) atoms. The van der Waals surface area contributed by atoms with E-state index in [1.54, 1.807) is 6.07 Å². The Labute approximate surface area is 209 Å². The number of carbonyl (C=O) groups is 4. The number of halogens is 3. The molecule has 0 aliphatic heterocycles. The van der Waals surface area contributed by atoms with Crippen LogP contribution in [0.4, 0.5) is 4.39 Å². The van der Waals surface area contributed by atoms with Crippen molar-refractivity contribution in [2.45, 2.75) is 50.3 Å². The average molecular weight is 536 g/mol. The fourth-order valence-electron chi connectivity index (χ4n) is 4.46. The second kappa shape index (κ2) is 10.3. The minimum atomic E-state index is -2.79. The van der Waals surface area contributed by atoms with Crippen molar-refractivity contribution < 1.29 is 47.6 Å². The topological polar surface area (TPSA) is 151 Å². The Morgan fingerprint density at radius 1 is 1.14 bits per heavy atom. The lowest BCUT2D eigenvalue weighted by Gasteiger charge is -2.34. The van der Waals surface area contributed by atoms with Gasteiger partial charge >= 0.3 is 23.9 Å². The average Bonchev–Trinajstić information content (AvgIpc) is 3.28. The predicted molar refractivity (Wildman–Crippen MR) is 118 cm³/mol. The highest BCUT2D eigenvalue weighted by Crippen LogP contribution is 2.67. The number of hydrogen-bond donors (Lipinski definition) is 2. The third-order valence-corrected chi connectivity index (χ3v) is 6.88. The molecule has 2 aliphatic carbocycles. The van der Waals surface area contributed by atoms with Gasteiger partial charge in [0.2, 0.25) is 5.67 Å². The van der Waals surface area contributed by atoms with Crippen LogP contribution in [0.5, 0.6) is 0 Å². The van der Waals surface area contributed by atoms with Crippen LogP contribution >= 0.6 is 23.2 Å². The lowest BCUT2D eigenvalue weighted by Crippen LogP contribution is -2.62. The van der Waals surface area contributed by atoms with E-state index in [1.807, 2.05) is 0 Å². The molecule has 192 valence electrons. The Hall–Kier alpha value is -2.47. The third-order valence-electron chi connectivity index (χ3n) is 6.14. The van der Waals surface area contributed by atoms with Crippen LogP contribution in [0.25, 0.3) is 0 Å². The molecule has 1 aromatic rings. The first-order valence-corrected chi connectivity index (χ1v) is 11.5. The Balaban J connectivity index is 1.86. The van der Waals surface area contributed by atoms with Gasteiger partial charge in [0.05, 0.1) is 36.0 Å². The molecule has 10 nitrogen and oxygen atoms in total. The van der Waals surface area contributed by atoms with Gasteiger partial charge in [0.1, 0.15) is 5.54 Å². The number of fused-ring (bicyclic) bond motifs is 1. The maximum absolute atomic E-state index is 15.2. The first-order chi connectivity index (χ1) is 16.4. The molecule has 0 unspecified atom stereocenters. The summed E-state index contributed by atoms with van der Waals surface area (Å²) in [6, 6.07) is 4.65. The molecule has 0 saturated heterocycles. The number of hydrogen-bond acceptors (Lipinski definition) is 9. The van der Waals surface area contributed by atoms with Crippen molar-refractivity contribution in [3.05, 3.63) is 33.8 Å². The van der Waals surface area contributed by atoms with E-state index in [-0.39, 0.29) is 31.3 Å². The van der Waals surface area contributed by atoms with E-state index < -0.39 is 59.1 Å². The lowest BCUT2D eigenvalue weighted by molar-refractivity contribution is -0.186. The first-order valence-electron chi connectivity index (χ1n) is 10.7. The summed E-state index contributed by atoms with van der Waals surface area (Å²) in [5, 5.41) is 9.94. The van der Waals surface area contributed by atoms with Gasteiger partial charge in [0, 0.05) is 11.8 Å². The number of carboxylic acid groups (broad SMARTS) is 1.